The van der Waals surface area contributed by atoms with Crippen LogP contribution in [-0.2, 0) is 4.74 Å². The molecule has 0 radical (unpaired) electrons. The minimum Gasteiger partial charge on any atom is -0.490 e. The fourth-order valence-corrected chi connectivity index (χ4v) is 1.67. The van der Waals surface area contributed by atoms with E-state index in [1.165, 1.54) is 0 Å². The van der Waals surface area contributed by atoms with E-state index in [1.54, 1.807) is 18.2 Å². The van der Waals surface area contributed by atoms with E-state index in [9.17, 15) is 4.79 Å². The van der Waals surface area contributed by atoms with Crippen LogP contribution >= 0.6 is 0 Å². The van der Waals surface area contributed by atoms with E-state index in [2.05, 4.69) is 6.92 Å². The average molecular weight is 294 g/mol. The summed E-state index contributed by atoms with van der Waals surface area (Å²) in [5, 5.41) is 0. The van der Waals surface area contributed by atoms with Gasteiger partial charge >= 0.3 is 5.97 Å². The van der Waals surface area contributed by atoms with Crippen LogP contribution in [0.4, 0.5) is 0 Å². The minimum atomic E-state index is -0.329. The molecule has 21 heavy (non-hydrogen) atoms. The van der Waals surface area contributed by atoms with Crippen molar-refractivity contribution in [1.29, 1.82) is 0 Å². The lowest BCUT2D eigenvalue weighted by Gasteiger charge is -2.13. The highest BCUT2D eigenvalue weighted by Crippen LogP contribution is 2.29. The van der Waals surface area contributed by atoms with Crippen molar-refractivity contribution in [2.45, 2.75) is 40.5 Å². The number of esters is 1. The van der Waals surface area contributed by atoms with Crippen molar-refractivity contribution < 1.29 is 19.0 Å². The second-order valence-electron chi connectivity index (χ2n) is 5.29. The third-order valence-electron chi connectivity index (χ3n) is 2.78. The maximum absolute atomic E-state index is 12.0. The molecular formula is C17H26O4. The van der Waals surface area contributed by atoms with Crippen molar-refractivity contribution in [2.24, 2.45) is 5.92 Å². The first-order chi connectivity index (χ1) is 10.1. The number of unbranched alkanes of at least 4 members (excludes halogenated alkanes) is 1. The molecule has 1 rings (SSSR count). The molecule has 0 heterocycles. The summed E-state index contributed by atoms with van der Waals surface area (Å²) in [5.41, 5.74) is 0.488. The molecule has 0 aliphatic heterocycles. The minimum absolute atomic E-state index is 0.317. The van der Waals surface area contributed by atoms with E-state index in [0.717, 1.165) is 12.8 Å². The quantitative estimate of drug-likeness (QED) is 0.508. The Morgan fingerprint density at radius 3 is 2.52 bits per heavy atom. The van der Waals surface area contributed by atoms with E-state index in [1.807, 2.05) is 20.8 Å². The van der Waals surface area contributed by atoms with Gasteiger partial charge in [-0.3, -0.25) is 0 Å². The summed E-state index contributed by atoms with van der Waals surface area (Å²) in [4.78, 5) is 12.0. The first kappa shape index (κ1) is 17.3. The number of ether oxygens (including phenoxy) is 3. The molecule has 0 unspecified atom stereocenters. The largest absolute Gasteiger partial charge is 0.490 e. The molecule has 0 amide bonds. The first-order valence-electron chi connectivity index (χ1n) is 7.65. The lowest BCUT2D eigenvalue weighted by molar-refractivity contribution is 0.0458. The van der Waals surface area contributed by atoms with Crippen LogP contribution in [0, 0.1) is 5.92 Å². The van der Waals surface area contributed by atoms with E-state index in [0.29, 0.717) is 42.8 Å². The number of rotatable bonds is 9. The number of hydrogen-bond donors (Lipinski definition) is 0. The second-order valence-corrected chi connectivity index (χ2v) is 5.29. The Hall–Kier alpha value is -1.71. The van der Waals surface area contributed by atoms with E-state index in [4.69, 9.17) is 14.2 Å². The van der Waals surface area contributed by atoms with Gasteiger partial charge in [-0.05, 0) is 37.5 Å². The molecule has 118 valence electrons. The molecule has 0 spiro atoms. The Balaban J connectivity index is 2.78. The molecule has 0 atom stereocenters. The van der Waals surface area contributed by atoms with Gasteiger partial charge in [0.2, 0.25) is 0 Å². The van der Waals surface area contributed by atoms with Crippen LogP contribution in [0.1, 0.15) is 50.9 Å². The number of carbonyl (C=O) groups is 1. The molecule has 0 fully saturated rings. The molecular weight excluding hydrogens is 268 g/mol. The maximum atomic E-state index is 12.0. The predicted molar refractivity (Wildman–Crippen MR) is 83.1 cm³/mol. The highest BCUT2D eigenvalue weighted by molar-refractivity contribution is 5.90. The van der Waals surface area contributed by atoms with E-state index >= 15 is 0 Å². The monoisotopic (exact) mass is 294 g/mol. The molecule has 0 aliphatic rings. The summed E-state index contributed by atoms with van der Waals surface area (Å²) in [6.45, 7) is 9.60. The summed E-state index contributed by atoms with van der Waals surface area (Å²) < 4.78 is 16.5. The smallest absolute Gasteiger partial charge is 0.338 e. The van der Waals surface area contributed by atoms with Crippen LogP contribution in [0.2, 0.25) is 0 Å². The molecule has 0 aromatic heterocycles. The van der Waals surface area contributed by atoms with Crippen molar-refractivity contribution in [3.63, 3.8) is 0 Å². The summed E-state index contributed by atoms with van der Waals surface area (Å²) in [7, 11) is 0. The third kappa shape index (κ3) is 6.06. The molecule has 0 N–H and O–H groups in total. The highest BCUT2D eigenvalue weighted by Gasteiger charge is 2.13. The zero-order valence-corrected chi connectivity index (χ0v) is 13.5. The van der Waals surface area contributed by atoms with Crippen LogP contribution in [0.25, 0.3) is 0 Å². The van der Waals surface area contributed by atoms with Gasteiger partial charge in [-0.1, -0.05) is 27.2 Å². The Morgan fingerprint density at radius 1 is 1.14 bits per heavy atom. The van der Waals surface area contributed by atoms with Gasteiger partial charge in [0, 0.05) is 0 Å². The molecule has 0 saturated heterocycles. The van der Waals surface area contributed by atoms with Crippen LogP contribution in [0.15, 0.2) is 18.2 Å². The molecule has 4 nitrogen and oxygen atoms in total. The Bertz CT molecular complexity index is 440. The summed E-state index contributed by atoms with van der Waals surface area (Å²) in [6.07, 6.45) is 2.06. The molecule has 0 saturated carbocycles. The van der Waals surface area contributed by atoms with Crippen molar-refractivity contribution in [3.05, 3.63) is 23.8 Å². The number of benzene rings is 1. The van der Waals surface area contributed by atoms with Crippen molar-refractivity contribution in [3.8, 4) is 11.5 Å². The fraction of sp³-hybridized carbons (Fsp3) is 0.588. The Kier molecular flexibility index (Phi) is 7.65. The summed E-state index contributed by atoms with van der Waals surface area (Å²) in [5.74, 6) is 1.25. The van der Waals surface area contributed by atoms with Gasteiger partial charge in [0.1, 0.15) is 0 Å². The van der Waals surface area contributed by atoms with Gasteiger partial charge in [0.15, 0.2) is 11.5 Å². The lowest BCUT2D eigenvalue weighted by Crippen LogP contribution is -2.10. The lowest BCUT2D eigenvalue weighted by atomic mass is 10.2. The van der Waals surface area contributed by atoms with Crippen LogP contribution in [-0.4, -0.2) is 25.8 Å². The number of carbonyl (C=O) groups excluding carboxylic acids is 1. The normalized spacial score (nSPS) is 10.5. The second kappa shape index (κ2) is 9.27. The van der Waals surface area contributed by atoms with Crippen molar-refractivity contribution in [1.82, 2.24) is 0 Å². The SMILES string of the molecule is CCCCOc1ccc(C(=O)OCC(C)C)cc1OCC. The van der Waals surface area contributed by atoms with Gasteiger partial charge in [-0.15, -0.1) is 0 Å². The standard InChI is InChI=1S/C17H26O4/c1-5-7-10-20-15-9-8-14(11-16(15)19-6-2)17(18)21-12-13(3)4/h8-9,11,13H,5-7,10,12H2,1-4H3. The van der Waals surface area contributed by atoms with Gasteiger partial charge in [0.05, 0.1) is 25.4 Å². The topological polar surface area (TPSA) is 44.8 Å². The van der Waals surface area contributed by atoms with Crippen LogP contribution < -0.4 is 9.47 Å². The molecule has 0 aliphatic carbocycles. The first-order valence-corrected chi connectivity index (χ1v) is 7.65. The van der Waals surface area contributed by atoms with Crippen molar-refractivity contribution in [2.75, 3.05) is 19.8 Å². The molecule has 1 aromatic rings. The summed E-state index contributed by atoms with van der Waals surface area (Å²) >= 11 is 0. The summed E-state index contributed by atoms with van der Waals surface area (Å²) in [6, 6.07) is 5.17. The van der Waals surface area contributed by atoms with Gasteiger partial charge in [-0.25, -0.2) is 4.79 Å². The Morgan fingerprint density at radius 2 is 1.90 bits per heavy atom. The highest BCUT2D eigenvalue weighted by atomic mass is 16.5. The fourth-order valence-electron chi connectivity index (χ4n) is 1.67. The van der Waals surface area contributed by atoms with Crippen LogP contribution in [0.5, 0.6) is 11.5 Å². The van der Waals surface area contributed by atoms with E-state index in [-0.39, 0.29) is 5.97 Å². The Labute approximate surface area is 127 Å². The molecule has 4 heteroatoms. The van der Waals surface area contributed by atoms with Gasteiger partial charge < -0.3 is 14.2 Å². The zero-order chi connectivity index (χ0) is 15.7. The number of hydrogen-bond acceptors (Lipinski definition) is 4. The maximum Gasteiger partial charge on any atom is 0.338 e. The third-order valence-corrected chi connectivity index (χ3v) is 2.78. The molecule has 0 bridgehead atoms. The zero-order valence-electron chi connectivity index (χ0n) is 13.5. The van der Waals surface area contributed by atoms with Gasteiger partial charge in [0.25, 0.3) is 0 Å². The van der Waals surface area contributed by atoms with Gasteiger partial charge in [-0.2, -0.15) is 0 Å². The van der Waals surface area contributed by atoms with Crippen molar-refractivity contribution >= 4 is 5.97 Å². The van der Waals surface area contributed by atoms with E-state index < -0.39 is 0 Å². The molecule has 1 aromatic carbocycles. The van der Waals surface area contributed by atoms with Crippen LogP contribution in [0.3, 0.4) is 0 Å². The average Bonchev–Trinajstić information content (AvgIpc) is 2.46. The predicted octanol–water partition coefficient (Wildman–Crippen LogP) is 4.08.